The number of benzene rings is 1. The maximum absolute atomic E-state index is 11.9. The van der Waals surface area contributed by atoms with Gasteiger partial charge in [-0.2, -0.15) is 5.10 Å². The third kappa shape index (κ3) is 7.97. The van der Waals surface area contributed by atoms with Gasteiger partial charge in [0, 0.05) is 17.4 Å². The first-order valence-corrected chi connectivity index (χ1v) is 10.9. The molecule has 4 nitrogen and oxygen atoms in total. The van der Waals surface area contributed by atoms with Crippen LogP contribution in [0.25, 0.3) is 10.9 Å². The fourth-order valence-corrected chi connectivity index (χ4v) is 3.38. The molecule has 2 aromatic rings. The number of hydrogen-bond donors (Lipinski definition) is 1. The lowest BCUT2D eigenvalue weighted by Gasteiger charge is -2.04. The first kappa shape index (κ1) is 22.4. The van der Waals surface area contributed by atoms with E-state index in [4.69, 9.17) is 11.6 Å². The quantitative estimate of drug-likeness (QED) is 0.189. The first-order valence-electron chi connectivity index (χ1n) is 10.5. The number of nitrogens with zero attached hydrogens (tertiary/aromatic N) is 2. The number of rotatable bonds is 12. The standard InChI is InChI=1S/C23H32ClN3O/c1-3-4-5-6-7-8-9-10-11-12-22(28)27-25-17-20-16-19-14-13-18(2)15-21(19)26-23(20)24/h13-17H,3-12H2,1-2H3,(H,27,28). The molecule has 0 aliphatic rings. The van der Waals surface area contributed by atoms with Crippen LogP contribution in [0, 0.1) is 6.92 Å². The van der Waals surface area contributed by atoms with Crippen LogP contribution in [0.5, 0.6) is 0 Å². The van der Waals surface area contributed by atoms with Crippen molar-refractivity contribution in [3.63, 3.8) is 0 Å². The van der Waals surface area contributed by atoms with E-state index in [1.165, 1.54) is 44.9 Å². The Labute approximate surface area is 173 Å². The molecule has 152 valence electrons. The van der Waals surface area contributed by atoms with Gasteiger partial charge in [-0.25, -0.2) is 10.4 Å². The van der Waals surface area contributed by atoms with Crippen LogP contribution in [-0.2, 0) is 4.79 Å². The zero-order chi connectivity index (χ0) is 20.2. The number of hydrazone groups is 1. The number of halogens is 1. The van der Waals surface area contributed by atoms with Gasteiger partial charge in [0.2, 0.25) is 5.91 Å². The molecular weight excluding hydrogens is 370 g/mol. The van der Waals surface area contributed by atoms with Crippen molar-refractivity contribution >= 4 is 34.6 Å². The minimum absolute atomic E-state index is 0.0558. The Kier molecular flexibility index (Phi) is 9.98. The van der Waals surface area contributed by atoms with Gasteiger partial charge in [0.25, 0.3) is 0 Å². The molecule has 1 aromatic heterocycles. The van der Waals surface area contributed by atoms with E-state index < -0.39 is 0 Å². The number of aromatic nitrogens is 1. The van der Waals surface area contributed by atoms with Crippen molar-refractivity contribution in [3.05, 3.63) is 40.5 Å². The van der Waals surface area contributed by atoms with Crippen LogP contribution in [0.15, 0.2) is 29.4 Å². The topological polar surface area (TPSA) is 54.4 Å². The Balaban J connectivity index is 1.67. The Bertz CT molecular complexity index is 789. The van der Waals surface area contributed by atoms with E-state index in [1.807, 2.05) is 31.2 Å². The Hall–Kier alpha value is -1.94. The summed E-state index contributed by atoms with van der Waals surface area (Å²) in [5.41, 5.74) is 5.28. The fraction of sp³-hybridized carbons (Fsp3) is 0.522. The van der Waals surface area contributed by atoms with Gasteiger partial charge in [-0.05, 0) is 31.0 Å². The highest BCUT2D eigenvalue weighted by molar-refractivity contribution is 6.32. The normalized spacial score (nSPS) is 11.4. The number of amides is 1. The minimum Gasteiger partial charge on any atom is -0.273 e. The van der Waals surface area contributed by atoms with Gasteiger partial charge >= 0.3 is 0 Å². The third-order valence-electron chi connectivity index (χ3n) is 4.85. The van der Waals surface area contributed by atoms with Crippen LogP contribution in [-0.4, -0.2) is 17.1 Å². The summed E-state index contributed by atoms with van der Waals surface area (Å²) in [6.07, 6.45) is 13.2. The first-order chi connectivity index (χ1) is 13.6. The zero-order valence-corrected chi connectivity index (χ0v) is 17.9. The second-order valence-corrected chi connectivity index (χ2v) is 7.79. The zero-order valence-electron chi connectivity index (χ0n) is 17.1. The summed E-state index contributed by atoms with van der Waals surface area (Å²) < 4.78 is 0. The summed E-state index contributed by atoms with van der Waals surface area (Å²) in [6.45, 7) is 4.26. The highest BCUT2D eigenvalue weighted by atomic mass is 35.5. The molecule has 0 saturated heterocycles. The molecule has 0 fully saturated rings. The largest absolute Gasteiger partial charge is 0.273 e. The molecule has 0 atom stereocenters. The molecule has 1 aromatic carbocycles. The van der Waals surface area contributed by atoms with Crippen molar-refractivity contribution in [2.45, 2.75) is 78.1 Å². The molecule has 0 aliphatic carbocycles. The Morgan fingerprint density at radius 3 is 2.46 bits per heavy atom. The van der Waals surface area contributed by atoms with Gasteiger partial charge in [-0.3, -0.25) is 4.79 Å². The SMILES string of the molecule is CCCCCCCCCCCC(=O)NN=Cc1cc2ccc(C)cc2nc1Cl. The number of carbonyl (C=O) groups excluding carboxylic acids is 1. The van der Waals surface area contributed by atoms with Gasteiger partial charge in [0.05, 0.1) is 11.7 Å². The number of unbranched alkanes of at least 4 members (excludes halogenated alkanes) is 8. The van der Waals surface area contributed by atoms with E-state index >= 15 is 0 Å². The number of nitrogens with one attached hydrogen (secondary N) is 1. The van der Waals surface area contributed by atoms with E-state index in [9.17, 15) is 4.79 Å². The van der Waals surface area contributed by atoms with E-state index in [-0.39, 0.29) is 5.91 Å². The molecule has 0 spiro atoms. The van der Waals surface area contributed by atoms with Crippen molar-refractivity contribution in [2.24, 2.45) is 5.10 Å². The summed E-state index contributed by atoms with van der Waals surface area (Å²) in [7, 11) is 0. The van der Waals surface area contributed by atoms with Crippen molar-refractivity contribution in [1.82, 2.24) is 10.4 Å². The van der Waals surface area contributed by atoms with E-state index in [0.717, 1.165) is 29.3 Å². The predicted molar refractivity (Wildman–Crippen MR) is 119 cm³/mol. The molecule has 28 heavy (non-hydrogen) atoms. The number of fused-ring (bicyclic) bond motifs is 1. The number of hydrogen-bond acceptors (Lipinski definition) is 3. The summed E-state index contributed by atoms with van der Waals surface area (Å²) in [4.78, 5) is 16.3. The average Bonchev–Trinajstić information content (AvgIpc) is 2.67. The molecule has 0 aliphatic heterocycles. The second-order valence-electron chi connectivity index (χ2n) is 7.44. The van der Waals surface area contributed by atoms with Crippen LogP contribution in [0.1, 0.15) is 82.3 Å². The van der Waals surface area contributed by atoms with Crippen LogP contribution in [0.4, 0.5) is 0 Å². The molecule has 1 N–H and O–H groups in total. The van der Waals surface area contributed by atoms with Crippen molar-refractivity contribution in [1.29, 1.82) is 0 Å². The van der Waals surface area contributed by atoms with Gasteiger partial charge in [-0.1, -0.05) is 82.0 Å². The van der Waals surface area contributed by atoms with E-state index in [1.54, 1.807) is 6.21 Å². The van der Waals surface area contributed by atoms with E-state index in [2.05, 4.69) is 22.4 Å². The van der Waals surface area contributed by atoms with Crippen molar-refractivity contribution in [3.8, 4) is 0 Å². The van der Waals surface area contributed by atoms with Gasteiger partial charge in [-0.15, -0.1) is 0 Å². The number of pyridine rings is 1. The summed E-state index contributed by atoms with van der Waals surface area (Å²) >= 11 is 6.23. The van der Waals surface area contributed by atoms with Crippen LogP contribution >= 0.6 is 11.6 Å². The van der Waals surface area contributed by atoms with Crippen molar-refractivity contribution in [2.75, 3.05) is 0 Å². The maximum atomic E-state index is 11.9. The van der Waals surface area contributed by atoms with E-state index in [0.29, 0.717) is 17.1 Å². The van der Waals surface area contributed by atoms with Gasteiger partial charge < -0.3 is 0 Å². The van der Waals surface area contributed by atoms with Crippen LogP contribution in [0.2, 0.25) is 5.15 Å². The summed E-state index contributed by atoms with van der Waals surface area (Å²) in [5.74, 6) is -0.0558. The van der Waals surface area contributed by atoms with Crippen LogP contribution in [0.3, 0.4) is 0 Å². The van der Waals surface area contributed by atoms with Gasteiger partial charge in [0.15, 0.2) is 0 Å². The van der Waals surface area contributed by atoms with Gasteiger partial charge in [0.1, 0.15) is 5.15 Å². The molecule has 0 radical (unpaired) electrons. The molecule has 2 rings (SSSR count). The lowest BCUT2D eigenvalue weighted by atomic mass is 10.1. The third-order valence-corrected chi connectivity index (χ3v) is 5.16. The number of carbonyl (C=O) groups is 1. The fourth-order valence-electron chi connectivity index (χ4n) is 3.19. The number of aryl methyl sites for hydroxylation is 1. The molecule has 1 amide bonds. The van der Waals surface area contributed by atoms with Crippen molar-refractivity contribution < 1.29 is 4.79 Å². The molecule has 1 heterocycles. The van der Waals surface area contributed by atoms with Crippen LogP contribution < -0.4 is 5.43 Å². The lowest BCUT2D eigenvalue weighted by molar-refractivity contribution is -0.121. The predicted octanol–water partition coefficient (Wildman–Crippen LogP) is 6.57. The average molecular weight is 402 g/mol. The molecule has 0 unspecified atom stereocenters. The molecular formula is C23H32ClN3O. The molecule has 0 bridgehead atoms. The summed E-state index contributed by atoms with van der Waals surface area (Å²) in [6, 6.07) is 7.97. The smallest absolute Gasteiger partial charge is 0.240 e. The minimum atomic E-state index is -0.0558. The second kappa shape index (κ2) is 12.5. The highest BCUT2D eigenvalue weighted by Gasteiger charge is 2.04. The monoisotopic (exact) mass is 401 g/mol. The summed E-state index contributed by atoms with van der Waals surface area (Å²) in [5, 5.41) is 5.42. The molecule has 5 heteroatoms. The highest BCUT2D eigenvalue weighted by Crippen LogP contribution is 2.20. The maximum Gasteiger partial charge on any atom is 0.240 e. The Morgan fingerprint density at radius 1 is 1.07 bits per heavy atom. The Morgan fingerprint density at radius 2 is 1.75 bits per heavy atom. The lowest BCUT2D eigenvalue weighted by Crippen LogP contribution is -2.17. The molecule has 0 saturated carbocycles.